The van der Waals surface area contributed by atoms with E-state index in [0.29, 0.717) is 18.0 Å². The summed E-state index contributed by atoms with van der Waals surface area (Å²) in [7, 11) is -3.59. The zero-order valence-electron chi connectivity index (χ0n) is 19.8. The summed E-state index contributed by atoms with van der Waals surface area (Å²) in [6, 6.07) is 15.4. The average molecular weight is 502 g/mol. The molecule has 0 amide bonds. The first-order chi connectivity index (χ1) is 16.6. The molecule has 2 aliphatic heterocycles. The Morgan fingerprint density at radius 1 is 0.941 bits per heavy atom. The highest BCUT2D eigenvalue weighted by Crippen LogP contribution is 2.40. The van der Waals surface area contributed by atoms with Gasteiger partial charge >= 0.3 is 0 Å². The van der Waals surface area contributed by atoms with Crippen LogP contribution in [0.4, 0.5) is 5.69 Å². The molecule has 2 fully saturated rings. The molecule has 0 unspecified atom stereocenters. The molecular weight excluding hydrogens is 466 g/mol. The molecule has 0 radical (unpaired) electrons. The van der Waals surface area contributed by atoms with E-state index >= 15 is 0 Å². The SMILES string of the molecule is O=S(=O)(c1ccccc1)N1CCSc2ccc(OCCCN3CCN(C4CCCC4)CC3)cc21. The van der Waals surface area contributed by atoms with Crippen molar-refractivity contribution in [1.29, 1.82) is 0 Å². The van der Waals surface area contributed by atoms with Gasteiger partial charge in [-0.05, 0) is 43.5 Å². The summed E-state index contributed by atoms with van der Waals surface area (Å²) in [6.07, 6.45) is 6.55. The summed E-state index contributed by atoms with van der Waals surface area (Å²) >= 11 is 1.70. The predicted molar refractivity (Wildman–Crippen MR) is 139 cm³/mol. The van der Waals surface area contributed by atoms with E-state index in [1.165, 1.54) is 43.1 Å². The Bertz CT molecular complexity index is 1050. The smallest absolute Gasteiger partial charge is 0.264 e. The summed E-state index contributed by atoms with van der Waals surface area (Å²) < 4.78 is 34.1. The maximum Gasteiger partial charge on any atom is 0.264 e. The Labute approximate surface area is 208 Å². The highest BCUT2D eigenvalue weighted by atomic mass is 32.2. The first-order valence-electron chi connectivity index (χ1n) is 12.6. The van der Waals surface area contributed by atoms with Gasteiger partial charge in [0.2, 0.25) is 0 Å². The number of hydrogen-bond acceptors (Lipinski definition) is 6. The summed E-state index contributed by atoms with van der Waals surface area (Å²) in [5, 5.41) is 0. The van der Waals surface area contributed by atoms with E-state index in [2.05, 4.69) is 9.80 Å². The Hall–Kier alpha value is -1.74. The number of fused-ring (bicyclic) bond motifs is 1. The van der Waals surface area contributed by atoms with Gasteiger partial charge in [-0.2, -0.15) is 0 Å². The van der Waals surface area contributed by atoms with Crippen molar-refractivity contribution in [2.45, 2.75) is 47.9 Å². The number of thioether (sulfide) groups is 1. The number of piperazine rings is 1. The fourth-order valence-electron chi connectivity index (χ4n) is 5.33. The van der Waals surface area contributed by atoms with Crippen LogP contribution < -0.4 is 9.04 Å². The summed E-state index contributed by atoms with van der Waals surface area (Å²) in [6.45, 7) is 6.84. The second kappa shape index (κ2) is 10.9. The van der Waals surface area contributed by atoms with Crippen LogP contribution in [-0.4, -0.2) is 75.9 Å². The number of ether oxygens (including phenoxy) is 1. The normalized spacial score (nSPS) is 20.4. The molecule has 2 heterocycles. The van der Waals surface area contributed by atoms with Crippen LogP contribution in [0.1, 0.15) is 32.1 Å². The van der Waals surface area contributed by atoms with Gasteiger partial charge in [-0.15, -0.1) is 11.8 Å². The molecule has 5 rings (SSSR count). The summed E-state index contributed by atoms with van der Waals surface area (Å²) in [5.74, 6) is 1.48. The third kappa shape index (κ3) is 5.40. The predicted octanol–water partition coefficient (Wildman–Crippen LogP) is 4.32. The molecule has 8 heteroatoms. The Morgan fingerprint density at radius 3 is 2.47 bits per heavy atom. The second-order valence-corrected chi connectivity index (χ2v) is 12.4. The minimum Gasteiger partial charge on any atom is -0.493 e. The molecule has 6 nitrogen and oxygen atoms in total. The van der Waals surface area contributed by atoms with Gasteiger partial charge in [0.25, 0.3) is 10.0 Å². The lowest BCUT2D eigenvalue weighted by Crippen LogP contribution is -2.49. The minimum absolute atomic E-state index is 0.326. The van der Waals surface area contributed by atoms with E-state index in [9.17, 15) is 8.42 Å². The van der Waals surface area contributed by atoms with E-state index in [1.807, 2.05) is 24.3 Å². The first kappa shape index (κ1) is 24.0. The van der Waals surface area contributed by atoms with Crippen molar-refractivity contribution in [2.24, 2.45) is 0 Å². The lowest BCUT2D eigenvalue weighted by molar-refractivity contribution is 0.0941. The van der Waals surface area contributed by atoms with Crippen LogP contribution in [0, 0.1) is 0 Å². The molecule has 1 saturated carbocycles. The van der Waals surface area contributed by atoms with Crippen molar-refractivity contribution in [1.82, 2.24) is 9.80 Å². The van der Waals surface area contributed by atoms with Gasteiger partial charge in [0, 0.05) is 62.0 Å². The third-order valence-corrected chi connectivity index (χ3v) is 10.1. The number of nitrogens with zero attached hydrogens (tertiary/aromatic N) is 3. The number of benzene rings is 2. The maximum atomic E-state index is 13.3. The third-order valence-electron chi connectivity index (χ3n) is 7.22. The van der Waals surface area contributed by atoms with Crippen LogP contribution in [0.3, 0.4) is 0 Å². The van der Waals surface area contributed by atoms with Crippen LogP contribution in [0.2, 0.25) is 0 Å². The standard InChI is InChI=1S/C26H35N3O3S2/c30-34(31,24-9-2-1-3-10-24)29-18-20-33-26-12-11-23(21-25(26)29)32-19-6-13-27-14-16-28(17-15-27)22-7-4-5-8-22/h1-3,9-12,21-22H,4-8,13-20H2. The van der Waals surface area contributed by atoms with Crippen LogP contribution >= 0.6 is 11.8 Å². The van der Waals surface area contributed by atoms with Gasteiger partial charge in [-0.25, -0.2) is 8.42 Å². The zero-order valence-corrected chi connectivity index (χ0v) is 21.4. The van der Waals surface area contributed by atoms with E-state index in [-0.39, 0.29) is 0 Å². The van der Waals surface area contributed by atoms with E-state index in [0.717, 1.165) is 54.2 Å². The van der Waals surface area contributed by atoms with Crippen molar-refractivity contribution in [3.05, 3.63) is 48.5 Å². The van der Waals surface area contributed by atoms with Crippen molar-refractivity contribution < 1.29 is 13.2 Å². The van der Waals surface area contributed by atoms with Gasteiger partial charge in [0.15, 0.2) is 0 Å². The van der Waals surface area contributed by atoms with Crippen LogP contribution in [0.25, 0.3) is 0 Å². The quantitative estimate of drug-likeness (QED) is 0.503. The second-order valence-electron chi connectivity index (χ2n) is 9.39. The Balaban J connectivity index is 1.14. The topological polar surface area (TPSA) is 53.1 Å². The number of sulfonamides is 1. The number of rotatable bonds is 8. The Morgan fingerprint density at radius 2 is 1.71 bits per heavy atom. The summed E-state index contributed by atoms with van der Waals surface area (Å²) in [5.41, 5.74) is 0.723. The molecule has 184 valence electrons. The Kier molecular flexibility index (Phi) is 7.68. The van der Waals surface area contributed by atoms with Gasteiger partial charge in [-0.3, -0.25) is 9.21 Å². The van der Waals surface area contributed by atoms with Crippen LogP contribution in [0.15, 0.2) is 58.3 Å². The van der Waals surface area contributed by atoms with E-state index in [1.54, 1.807) is 36.0 Å². The largest absolute Gasteiger partial charge is 0.493 e. The number of anilines is 1. The monoisotopic (exact) mass is 501 g/mol. The molecule has 0 aromatic heterocycles. The fraction of sp³-hybridized carbons (Fsp3) is 0.538. The van der Waals surface area contributed by atoms with Crippen molar-refractivity contribution >= 4 is 27.5 Å². The van der Waals surface area contributed by atoms with E-state index in [4.69, 9.17) is 4.74 Å². The van der Waals surface area contributed by atoms with E-state index < -0.39 is 10.0 Å². The molecule has 0 atom stereocenters. The van der Waals surface area contributed by atoms with Gasteiger partial charge < -0.3 is 9.64 Å². The molecule has 0 spiro atoms. The molecule has 0 N–H and O–H groups in total. The molecule has 1 saturated heterocycles. The molecule has 1 aliphatic carbocycles. The minimum atomic E-state index is -3.59. The van der Waals surface area contributed by atoms with Crippen LogP contribution in [0.5, 0.6) is 5.75 Å². The van der Waals surface area contributed by atoms with Gasteiger partial charge in [-0.1, -0.05) is 31.0 Å². The molecule has 0 bridgehead atoms. The maximum absolute atomic E-state index is 13.3. The highest BCUT2D eigenvalue weighted by molar-refractivity contribution is 8.00. The molecular formula is C26H35N3O3S2. The van der Waals surface area contributed by atoms with Crippen molar-refractivity contribution in [2.75, 3.05) is 55.9 Å². The highest BCUT2D eigenvalue weighted by Gasteiger charge is 2.30. The zero-order chi connectivity index (χ0) is 23.4. The molecule has 3 aliphatic rings. The lowest BCUT2D eigenvalue weighted by atomic mass is 10.2. The lowest BCUT2D eigenvalue weighted by Gasteiger charge is -2.38. The van der Waals surface area contributed by atoms with Gasteiger partial charge in [0.05, 0.1) is 17.2 Å². The van der Waals surface area contributed by atoms with Crippen molar-refractivity contribution in [3.63, 3.8) is 0 Å². The van der Waals surface area contributed by atoms with Crippen molar-refractivity contribution in [3.8, 4) is 5.75 Å². The van der Waals surface area contributed by atoms with Crippen LogP contribution in [-0.2, 0) is 10.0 Å². The number of hydrogen-bond donors (Lipinski definition) is 0. The fourth-order valence-corrected chi connectivity index (χ4v) is 7.98. The van der Waals surface area contributed by atoms with Gasteiger partial charge in [0.1, 0.15) is 5.75 Å². The first-order valence-corrected chi connectivity index (χ1v) is 15.0. The average Bonchev–Trinajstić information content (AvgIpc) is 3.42. The molecule has 2 aromatic carbocycles. The molecule has 34 heavy (non-hydrogen) atoms. The summed E-state index contributed by atoms with van der Waals surface area (Å²) in [4.78, 5) is 6.55. The molecule has 2 aromatic rings.